The molecule has 0 unspecified atom stereocenters. The van der Waals surface area contributed by atoms with Crippen LogP contribution in [-0.2, 0) is 9.59 Å². The van der Waals surface area contributed by atoms with Gasteiger partial charge in [0.2, 0.25) is 0 Å². The highest BCUT2D eigenvalue weighted by Gasteiger charge is 2.41. The second-order valence-corrected chi connectivity index (χ2v) is 4.79. The summed E-state index contributed by atoms with van der Waals surface area (Å²) < 4.78 is 0. The molecule has 0 saturated heterocycles. The molecule has 2 aliphatic carbocycles. The minimum absolute atomic E-state index is 0.0557. The molecule has 4 heteroatoms. The minimum atomic E-state index is -0.991. The van der Waals surface area contributed by atoms with E-state index in [9.17, 15) is 14.7 Å². The third-order valence-electron chi connectivity index (χ3n) is 3.62. The number of amides is 1. The molecule has 2 aliphatic rings. The number of carboxylic acid groups (broad SMARTS) is 1. The Bertz CT molecular complexity index is 601. The first kappa shape index (κ1) is 11.7. The van der Waals surface area contributed by atoms with Crippen LogP contribution in [0.3, 0.4) is 0 Å². The fraction of sp³-hybridized carbons (Fsp3) is 0.200. The Morgan fingerprint density at radius 2 is 1.68 bits per heavy atom. The minimum Gasteiger partial charge on any atom is -0.478 e. The molecule has 0 fully saturated rings. The number of hydrogen-bond donors (Lipinski definition) is 2. The van der Waals surface area contributed by atoms with Crippen LogP contribution >= 0.6 is 0 Å². The fourth-order valence-corrected chi connectivity index (χ4v) is 2.81. The average molecular weight is 255 g/mol. The summed E-state index contributed by atoms with van der Waals surface area (Å²) >= 11 is 0. The maximum Gasteiger partial charge on any atom is 0.332 e. The maximum atomic E-state index is 12.3. The van der Waals surface area contributed by atoms with Crippen molar-refractivity contribution in [2.75, 3.05) is 5.32 Å². The van der Waals surface area contributed by atoms with Crippen LogP contribution in [0.1, 0.15) is 6.42 Å². The van der Waals surface area contributed by atoms with Gasteiger partial charge in [0, 0.05) is 23.1 Å². The zero-order valence-electron chi connectivity index (χ0n) is 10.2. The molecular formula is C15H13NO3. The summed E-state index contributed by atoms with van der Waals surface area (Å²) in [5, 5.41) is 12.0. The monoisotopic (exact) mass is 255 g/mol. The Kier molecular flexibility index (Phi) is 2.71. The molecule has 0 saturated carbocycles. The lowest BCUT2D eigenvalue weighted by Gasteiger charge is -2.13. The number of benzene rings is 1. The molecule has 1 aromatic rings. The zero-order chi connectivity index (χ0) is 13.4. The highest BCUT2D eigenvalue weighted by atomic mass is 16.4. The van der Waals surface area contributed by atoms with Gasteiger partial charge >= 0.3 is 5.97 Å². The van der Waals surface area contributed by atoms with Crippen LogP contribution in [0.5, 0.6) is 0 Å². The molecule has 96 valence electrons. The number of carbonyl (C=O) groups excluding carboxylic acids is 1. The van der Waals surface area contributed by atoms with Crippen LogP contribution in [0.15, 0.2) is 53.6 Å². The number of carboxylic acids is 1. The summed E-state index contributed by atoms with van der Waals surface area (Å²) in [6.45, 7) is 0. The molecule has 2 bridgehead atoms. The van der Waals surface area contributed by atoms with Gasteiger partial charge in [0.1, 0.15) is 0 Å². The third-order valence-corrected chi connectivity index (χ3v) is 3.62. The van der Waals surface area contributed by atoms with E-state index in [4.69, 9.17) is 0 Å². The lowest BCUT2D eigenvalue weighted by atomic mass is 9.96. The van der Waals surface area contributed by atoms with Gasteiger partial charge in [0.05, 0.1) is 5.57 Å². The van der Waals surface area contributed by atoms with Gasteiger partial charge in [-0.1, -0.05) is 30.4 Å². The van der Waals surface area contributed by atoms with Gasteiger partial charge < -0.3 is 10.4 Å². The molecule has 4 nitrogen and oxygen atoms in total. The van der Waals surface area contributed by atoms with E-state index in [1.165, 1.54) is 0 Å². The van der Waals surface area contributed by atoms with Crippen LogP contribution in [-0.4, -0.2) is 17.0 Å². The molecular weight excluding hydrogens is 242 g/mol. The lowest BCUT2D eigenvalue weighted by molar-refractivity contribution is -0.133. The lowest BCUT2D eigenvalue weighted by Crippen LogP contribution is -2.21. The average Bonchev–Trinajstić information content (AvgIpc) is 2.99. The van der Waals surface area contributed by atoms with E-state index in [1.54, 1.807) is 12.1 Å². The largest absolute Gasteiger partial charge is 0.478 e. The Morgan fingerprint density at radius 1 is 1.05 bits per heavy atom. The topological polar surface area (TPSA) is 66.4 Å². The molecule has 2 atom stereocenters. The molecule has 0 heterocycles. The summed E-state index contributed by atoms with van der Waals surface area (Å²) in [6, 6.07) is 9.06. The maximum absolute atomic E-state index is 12.3. The number of hydrogen-bond acceptors (Lipinski definition) is 2. The first-order chi connectivity index (χ1) is 9.16. The molecule has 2 N–H and O–H groups in total. The van der Waals surface area contributed by atoms with E-state index in [1.807, 2.05) is 30.4 Å². The number of nitrogens with one attached hydrogen (secondary N) is 1. The van der Waals surface area contributed by atoms with E-state index in [2.05, 4.69) is 5.32 Å². The van der Waals surface area contributed by atoms with Crippen molar-refractivity contribution in [1.82, 2.24) is 0 Å². The van der Waals surface area contributed by atoms with Gasteiger partial charge in [-0.25, -0.2) is 4.79 Å². The Morgan fingerprint density at radius 3 is 2.32 bits per heavy atom. The van der Waals surface area contributed by atoms with Crippen molar-refractivity contribution in [3.8, 4) is 0 Å². The molecule has 1 aromatic carbocycles. The Hall–Kier alpha value is -2.36. The summed E-state index contributed by atoms with van der Waals surface area (Å²) in [5.74, 6) is -1.46. The summed E-state index contributed by atoms with van der Waals surface area (Å²) in [5.41, 5.74) is 1.33. The summed E-state index contributed by atoms with van der Waals surface area (Å²) in [4.78, 5) is 23.5. The number of carbonyl (C=O) groups is 2. The summed E-state index contributed by atoms with van der Waals surface area (Å²) in [6.07, 6.45) is 4.52. The molecule has 3 rings (SSSR count). The van der Waals surface area contributed by atoms with Crippen LogP contribution < -0.4 is 5.32 Å². The van der Waals surface area contributed by atoms with Crippen LogP contribution in [0.2, 0.25) is 0 Å². The molecule has 0 spiro atoms. The Balaban J connectivity index is 1.89. The highest BCUT2D eigenvalue weighted by Crippen LogP contribution is 2.44. The van der Waals surface area contributed by atoms with Crippen molar-refractivity contribution in [2.24, 2.45) is 11.8 Å². The van der Waals surface area contributed by atoms with Crippen LogP contribution in [0.4, 0.5) is 5.69 Å². The number of aliphatic carboxylic acids is 1. The predicted octanol–water partition coefficient (Wildman–Crippen LogP) is 2.21. The number of para-hydroxylation sites is 1. The molecule has 19 heavy (non-hydrogen) atoms. The highest BCUT2D eigenvalue weighted by molar-refractivity contribution is 6.10. The number of fused-ring (bicyclic) bond motifs is 2. The smallest absolute Gasteiger partial charge is 0.332 e. The van der Waals surface area contributed by atoms with E-state index >= 15 is 0 Å². The number of rotatable bonds is 3. The molecule has 0 aromatic heterocycles. The first-order valence-electron chi connectivity index (χ1n) is 6.19. The first-order valence-corrected chi connectivity index (χ1v) is 6.19. The van der Waals surface area contributed by atoms with E-state index in [0.717, 1.165) is 0 Å². The van der Waals surface area contributed by atoms with Gasteiger partial charge in [0.15, 0.2) is 0 Å². The van der Waals surface area contributed by atoms with Crippen molar-refractivity contribution in [3.05, 3.63) is 53.6 Å². The fourth-order valence-electron chi connectivity index (χ4n) is 2.81. The normalized spacial score (nSPS) is 23.8. The standard InChI is InChI=1S/C15H13NO3/c17-14(16-11-4-2-1-3-5-11)12-9-6-7-10(8-9)13(12)15(18)19/h1-7,9-10H,8H2,(H,16,17)(H,18,19)/t9-,10+/m1/s1. The van der Waals surface area contributed by atoms with Crippen molar-refractivity contribution in [3.63, 3.8) is 0 Å². The second-order valence-electron chi connectivity index (χ2n) is 4.79. The van der Waals surface area contributed by atoms with Crippen molar-refractivity contribution >= 4 is 17.6 Å². The number of allylic oxidation sites excluding steroid dienone is 2. The van der Waals surface area contributed by atoms with Crippen molar-refractivity contribution < 1.29 is 14.7 Å². The van der Waals surface area contributed by atoms with Crippen LogP contribution in [0, 0.1) is 11.8 Å². The van der Waals surface area contributed by atoms with Crippen LogP contribution in [0.25, 0.3) is 0 Å². The van der Waals surface area contributed by atoms with E-state index < -0.39 is 5.97 Å². The second kappa shape index (κ2) is 4.39. The molecule has 1 amide bonds. The van der Waals surface area contributed by atoms with E-state index in [-0.39, 0.29) is 23.3 Å². The van der Waals surface area contributed by atoms with E-state index in [0.29, 0.717) is 17.7 Å². The van der Waals surface area contributed by atoms with Gasteiger partial charge in [-0.05, 0) is 18.6 Å². The third kappa shape index (κ3) is 1.95. The summed E-state index contributed by atoms with van der Waals surface area (Å²) in [7, 11) is 0. The van der Waals surface area contributed by atoms with Gasteiger partial charge in [0.25, 0.3) is 5.91 Å². The zero-order valence-corrected chi connectivity index (χ0v) is 10.2. The molecule has 0 radical (unpaired) electrons. The van der Waals surface area contributed by atoms with Gasteiger partial charge in [-0.2, -0.15) is 0 Å². The number of anilines is 1. The predicted molar refractivity (Wildman–Crippen MR) is 70.5 cm³/mol. The molecule has 0 aliphatic heterocycles. The van der Waals surface area contributed by atoms with Crippen molar-refractivity contribution in [2.45, 2.75) is 6.42 Å². The SMILES string of the molecule is O=C(O)C1=C(C(=O)Nc2ccccc2)[C@@H]2C=C[C@H]1C2. The van der Waals surface area contributed by atoms with Gasteiger partial charge in [-0.3, -0.25) is 4.79 Å². The van der Waals surface area contributed by atoms with Gasteiger partial charge in [-0.15, -0.1) is 0 Å². The Labute approximate surface area is 110 Å². The van der Waals surface area contributed by atoms with Crippen molar-refractivity contribution in [1.29, 1.82) is 0 Å². The quantitative estimate of drug-likeness (QED) is 0.814.